The van der Waals surface area contributed by atoms with Crippen molar-refractivity contribution in [3.05, 3.63) is 46.5 Å². The lowest BCUT2D eigenvalue weighted by Gasteiger charge is -2.23. The van der Waals surface area contributed by atoms with Crippen molar-refractivity contribution in [1.29, 1.82) is 0 Å². The molecule has 1 aliphatic rings. The maximum Gasteiger partial charge on any atom is 0.260 e. The first-order valence-corrected chi connectivity index (χ1v) is 11.0. The molecule has 30 heavy (non-hydrogen) atoms. The van der Waals surface area contributed by atoms with Crippen molar-refractivity contribution < 1.29 is 14.3 Å². The van der Waals surface area contributed by atoms with Gasteiger partial charge < -0.3 is 14.4 Å². The molecule has 0 bridgehead atoms. The average molecular weight is 446 g/mol. The van der Waals surface area contributed by atoms with Crippen molar-refractivity contribution in [2.75, 3.05) is 45.3 Å². The maximum absolute atomic E-state index is 13.5. The molecule has 1 aromatic heterocycles. The number of hydrogen-bond acceptors (Lipinski definition) is 6. The monoisotopic (exact) mass is 445 g/mol. The van der Waals surface area contributed by atoms with Gasteiger partial charge in [0.05, 0.1) is 10.2 Å². The lowest BCUT2D eigenvalue weighted by molar-refractivity contribution is 0.0984. The van der Waals surface area contributed by atoms with E-state index in [0.717, 1.165) is 28.7 Å². The Morgan fingerprint density at radius 1 is 1.13 bits per heavy atom. The Labute approximate surface area is 185 Å². The van der Waals surface area contributed by atoms with Crippen molar-refractivity contribution in [3.8, 4) is 11.5 Å². The molecule has 1 aliphatic heterocycles. The second kappa shape index (κ2) is 8.79. The van der Waals surface area contributed by atoms with Gasteiger partial charge in [-0.05, 0) is 69.9 Å². The lowest BCUT2D eigenvalue weighted by Crippen LogP contribution is -2.33. The molecule has 0 aliphatic carbocycles. The van der Waals surface area contributed by atoms with Crippen LogP contribution in [0.1, 0.15) is 22.3 Å². The van der Waals surface area contributed by atoms with Gasteiger partial charge in [-0.3, -0.25) is 9.69 Å². The minimum Gasteiger partial charge on any atom is -0.486 e. The summed E-state index contributed by atoms with van der Waals surface area (Å²) >= 11 is 7.71. The fraction of sp³-hybridized carbons (Fsp3) is 0.364. The minimum absolute atomic E-state index is 0.103. The van der Waals surface area contributed by atoms with E-state index in [1.165, 1.54) is 11.3 Å². The third-order valence-corrected chi connectivity index (χ3v) is 6.13. The Morgan fingerprint density at radius 3 is 2.67 bits per heavy atom. The molecule has 158 valence electrons. The first-order chi connectivity index (χ1) is 14.4. The SMILES string of the molecule is Cc1cc(Cl)cc2sc(N(CCCN(C)C)C(=O)c3ccc4c(c3)OCCO4)nc12. The molecular weight excluding hydrogens is 422 g/mol. The summed E-state index contributed by atoms with van der Waals surface area (Å²) in [7, 11) is 4.05. The molecule has 6 nitrogen and oxygen atoms in total. The van der Waals surface area contributed by atoms with E-state index in [2.05, 4.69) is 4.90 Å². The number of hydrogen-bond donors (Lipinski definition) is 0. The summed E-state index contributed by atoms with van der Waals surface area (Å²) in [5, 5.41) is 1.35. The van der Waals surface area contributed by atoms with E-state index in [-0.39, 0.29) is 5.91 Å². The lowest BCUT2D eigenvalue weighted by atomic mass is 10.1. The fourth-order valence-electron chi connectivity index (χ4n) is 3.42. The number of carbonyl (C=O) groups excluding carboxylic acids is 1. The van der Waals surface area contributed by atoms with E-state index in [0.29, 0.717) is 47.0 Å². The smallest absolute Gasteiger partial charge is 0.260 e. The molecule has 0 saturated heterocycles. The van der Waals surface area contributed by atoms with Gasteiger partial charge in [0.1, 0.15) is 13.2 Å². The van der Waals surface area contributed by atoms with Crippen molar-refractivity contribution in [1.82, 2.24) is 9.88 Å². The molecule has 4 rings (SSSR count). The van der Waals surface area contributed by atoms with Gasteiger partial charge in [0.25, 0.3) is 5.91 Å². The highest BCUT2D eigenvalue weighted by Crippen LogP contribution is 2.35. The van der Waals surface area contributed by atoms with Gasteiger partial charge in [-0.15, -0.1) is 0 Å². The predicted molar refractivity (Wildman–Crippen MR) is 122 cm³/mol. The van der Waals surface area contributed by atoms with Crippen molar-refractivity contribution in [2.45, 2.75) is 13.3 Å². The number of fused-ring (bicyclic) bond motifs is 2. The number of thiazole rings is 1. The van der Waals surface area contributed by atoms with Crippen molar-refractivity contribution in [2.24, 2.45) is 0 Å². The fourth-order valence-corrected chi connectivity index (χ4v) is 4.86. The van der Waals surface area contributed by atoms with Gasteiger partial charge in [0, 0.05) is 17.1 Å². The topological polar surface area (TPSA) is 54.9 Å². The molecule has 0 unspecified atom stereocenters. The van der Waals surface area contributed by atoms with Crippen LogP contribution in [0, 0.1) is 6.92 Å². The average Bonchev–Trinajstić information content (AvgIpc) is 3.14. The van der Waals surface area contributed by atoms with Crippen LogP contribution in [0.25, 0.3) is 10.2 Å². The van der Waals surface area contributed by atoms with E-state index in [4.69, 9.17) is 26.1 Å². The summed E-state index contributed by atoms with van der Waals surface area (Å²) in [5.41, 5.74) is 2.44. The Kier molecular flexibility index (Phi) is 6.13. The van der Waals surface area contributed by atoms with E-state index < -0.39 is 0 Å². The van der Waals surface area contributed by atoms with Crippen LogP contribution >= 0.6 is 22.9 Å². The van der Waals surface area contributed by atoms with Crippen LogP contribution < -0.4 is 14.4 Å². The Morgan fingerprint density at radius 2 is 1.90 bits per heavy atom. The molecule has 1 amide bonds. The van der Waals surface area contributed by atoms with Crippen LogP contribution in [0.15, 0.2) is 30.3 Å². The van der Waals surface area contributed by atoms with Gasteiger partial charge in [-0.1, -0.05) is 22.9 Å². The number of aryl methyl sites for hydroxylation is 1. The zero-order valence-electron chi connectivity index (χ0n) is 17.3. The van der Waals surface area contributed by atoms with Crippen LogP contribution in [0.2, 0.25) is 5.02 Å². The summed E-state index contributed by atoms with van der Waals surface area (Å²) in [5.74, 6) is 1.17. The Balaban J connectivity index is 1.69. The van der Waals surface area contributed by atoms with E-state index >= 15 is 0 Å². The molecule has 0 radical (unpaired) electrons. The maximum atomic E-state index is 13.5. The third kappa shape index (κ3) is 4.38. The molecular formula is C22H24ClN3O3S. The first kappa shape index (κ1) is 20.9. The number of halogens is 1. The minimum atomic E-state index is -0.103. The van der Waals surface area contributed by atoms with Crippen molar-refractivity contribution >= 4 is 44.2 Å². The van der Waals surface area contributed by atoms with Crippen LogP contribution in [-0.2, 0) is 0 Å². The summed E-state index contributed by atoms with van der Waals surface area (Å²) < 4.78 is 12.2. The summed E-state index contributed by atoms with van der Waals surface area (Å²) in [4.78, 5) is 22.1. The molecule has 0 spiro atoms. The summed E-state index contributed by atoms with van der Waals surface area (Å²) in [6.45, 7) is 4.43. The number of anilines is 1. The first-order valence-electron chi connectivity index (χ1n) is 9.85. The van der Waals surface area contributed by atoms with Gasteiger partial charge in [-0.2, -0.15) is 0 Å². The predicted octanol–water partition coefficient (Wildman–Crippen LogP) is 4.63. The van der Waals surface area contributed by atoms with Crippen molar-refractivity contribution in [3.63, 3.8) is 0 Å². The number of aromatic nitrogens is 1. The third-order valence-electron chi connectivity index (χ3n) is 4.89. The van der Waals surface area contributed by atoms with Crippen LogP contribution in [0.3, 0.4) is 0 Å². The molecule has 2 heterocycles. The van der Waals surface area contributed by atoms with Crippen LogP contribution in [0.4, 0.5) is 5.13 Å². The molecule has 0 atom stereocenters. The Hall–Kier alpha value is -2.35. The standard InChI is InChI=1S/C22H24ClN3O3S/c1-14-11-16(23)13-19-20(14)24-22(30-19)26(8-4-7-25(2)3)21(27)15-5-6-17-18(12-15)29-10-9-28-17/h5-6,11-13H,4,7-10H2,1-3H3. The quantitative estimate of drug-likeness (QED) is 0.553. The van der Waals surface area contributed by atoms with Gasteiger partial charge in [-0.25, -0.2) is 4.98 Å². The molecule has 0 N–H and O–H groups in total. The number of nitrogens with zero attached hydrogens (tertiary/aromatic N) is 3. The highest BCUT2D eigenvalue weighted by Gasteiger charge is 2.24. The molecule has 3 aromatic rings. The van der Waals surface area contributed by atoms with E-state index in [1.807, 2.05) is 33.2 Å². The van der Waals surface area contributed by atoms with E-state index in [9.17, 15) is 4.79 Å². The molecule has 0 saturated carbocycles. The summed E-state index contributed by atoms with van der Waals surface area (Å²) in [6, 6.07) is 9.13. The number of rotatable bonds is 6. The largest absolute Gasteiger partial charge is 0.486 e. The number of ether oxygens (including phenoxy) is 2. The van der Waals surface area contributed by atoms with Gasteiger partial charge >= 0.3 is 0 Å². The number of amides is 1. The second-order valence-electron chi connectivity index (χ2n) is 7.54. The zero-order valence-corrected chi connectivity index (χ0v) is 18.8. The number of benzene rings is 2. The molecule has 0 fully saturated rings. The zero-order chi connectivity index (χ0) is 21.3. The van der Waals surface area contributed by atoms with Crippen LogP contribution in [-0.4, -0.2) is 56.2 Å². The Bertz CT molecular complexity index is 1080. The highest BCUT2D eigenvalue weighted by atomic mass is 35.5. The molecule has 8 heteroatoms. The van der Waals surface area contributed by atoms with Gasteiger partial charge in [0.2, 0.25) is 0 Å². The summed E-state index contributed by atoms with van der Waals surface area (Å²) in [6.07, 6.45) is 0.832. The van der Waals surface area contributed by atoms with Gasteiger partial charge in [0.15, 0.2) is 16.6 Å². The normalized spacial score (nSPS) is 13.1. The van der Waals surface area contributed by atoms with Crippen LogP contribution in [0.5, 0.6) is 11.5 Å². The molecule has 2 aromatic carbocycles. The van der Waals surface area contributed by atoms with E-state index in [1.54, 1.807) is 23.1 Å². The second-order valence-corrected chi connectivity index (χ2v) is 8.98. The number of carbonyl (C=O) groups is 1. The highest BCUT2D eigenvalue weighted by molar-refractivity contribution is 7.22.